The summed E-state index contributed by atoms with van der Waals surface area (Å²) in [6.07, 6.45) is 10.1. The second-order valence-electron chi connectivity index (χ2n) is 10.6. The van der Waals surface area contributed by atoms with E-state index in [4.69, 9.17) is 14.2 Å². The van der Waals surface area contributed by atoms with Crippen LogP contribution in [0.4, 0.5) is 4.79 Å². The Morgan fingerprint density at radius 1 is 1.11 bits per heavy atom. The predicted molar refractivity (Wildman–Crippen MR) is 145 cm³/mol. The van der Waals surface area contributed by atoms with Crippen LogP contribution in [0.3, 0.4) is 0 Å². The molecule has 0 bridgehead atoms. The van der Waals surface area contributed by atoms with Gasteiger partial charge in [0.05, 0.1) is 7.11 Å². The predicted octanol–water partition coefficient (Wildman–Crippen LogP) is 5.75. The van der Waals surface area contributed by atoms with E-state index >= 15 is 0 Å². The van der Waals surface area contributed by atoms with Gasteiger partial charge in [-0.15, -0.1) is 0 Å². The molecular weight excluding hydrogens is 486 g/mol. The lowest BCUT2D eigenvalue weighted by Crippen LogP contribution is -2.37. The number of methoxy groups -OCH3 is 1. The molecule has 198 valence electrons. The van der Waals surface area contributed by atoms with Crippen molar-refractivity contribution in [3.05, 3.63) is 43.0 Å². The minimum absolute atomic E-state index is 0.178. The van der Waals surface area contributed by atoms with Gasteiger partial charge in [0.1, 0.15) is 24.6 Å². The van der Waals surface area contributed by atoms with Crippen molar-refractivity contribution >= 4 is 14.2 Å². The second-order valence-corrected chi connectivity index (χ2v) is 16.2. The van der Waals surface area contributed by atoms with E-state index in [1.165, 1.54) is 12.7 Å². The first kappa shape index (κ1) is 26.8. The number of ether oxygens (including phenoxy) is 3. The number of carbonyl (C=O) groups is 1. The summed E-state index contributed by atoms with van der Waals surface area (Å²) in [7, 11) is 0.447. The highest BCUT2D eigenvalue weighted by atomic mass is 28.3. The van der Waals surface area contributed by atoms with Crippen LogP contribution in [0.2, 0.25) is 25.7 Å². The number of nitrogens with one attached hydrogen (secondary N) is 1. The van der Waals surface area contributed by atoms with E-state index in [1.807, 2.05) is 6.07 Å². The molecule has 1 fully saturated rings. The summed E-state index contributed by atoms with van der Waals surface area (Å²) in [5.74, 6) is 1.75. The van der Waals surface area contributed by atoms with Crippen molar-refractivity contribution in [3.63, 3.8) is 0 Å². The molecule has 0 saturated heterocycles. The van der Waals surface area contributed by atoms with E-state index in [0.29, 0.717) is 30.7 Å². The van der Waals surface area contributed by atoms with Gasteiger partial charge in [0.2, 0.25) is 0 Å². The van der Waals surface area contributed by atoms with Gasteiger partial charge in [-0.2, -0.15) is 5.10 Å². The maximum absolute atomic E-state index is 12.5. The molecule has 0 unspecified atom stereocenters. The lowest BCUT2D eigenvalue weighted by molar-refractivity contribution is 0.0796. The highest BCUT2D eigenvalue weighted by Gasteiger charge is 2.18. The van der Waals surface area contributed by atoms with E-state index in [-0.39, 0.29) is 6.04 Å². The first-order valence-electron chi connectivity index (χ1n) is 12.9. The quantitative estimate of drug-likeness (QED) is 0.267. The number of rotatable bonds is 10. The highest BCUT2D eigenvalue weighted by Crippen LogP contribution is 2.34. The SMILES string of the molecule is COc1ccc(OC(=O)NC2CCCCC2)cc1-c1cncc(-c2ncnn2COCC[Si](C)(C)C)c1. The zero-order chi connectivity index (χ0) is 26.3. The third-order valence-corrected chi connectivity index (χ3v) is 8.15. The first-order valence-corrected chi connectivity index (χ1v) is 16.6. The first-order chi connectivity index (χ1) is 17.8. The summed E-state index contributed by atoms with van der Waals surface area (Å²) in [6, 6.07) is 8.56. The Morgan fingerprint density at radius 3 is 2.65 bits per heavy atom. The number of carbonyl (C=O) groups excluding carboxylic acids is 1. The van der Waals surface area contributed by atoms with E-state index in [9.17, 15) is 4.79 Å². The minimum atomic E-state index is -1.16. The summed E-state index contributed by atoms with van der Waals surface area (Å²) in [5, 5.41) is 7.32. The van der Waals surface area contributed by atoms with Crippen molar-refractivity contribution in [2.75, 3.05) is 13.7 Å². The smallest absolute Gasteiger partial charge is 0.412 e. The molecule has 2 aromatic heterocycles. The Balaban J connectivity index is 1.49. The van der Waals surface area contributed by atoms with Gasteiger partial charge < -0.3 is 19.5 Å². The van der Waals surface area contributed by atoms with Gasteiger partial charge in [-0.1, -0.05) is 38.9 Å². The molecule has 4 rings (SSSR count). The molecule has 37 heavy (non-hydrogen) atoms. The van der Waals surface area contributed by atoms with E-state index in [1.54, 1.807) is 42.4 Å². The van der Waals surface area contributed by atoms with Crippen LogP contribution in [0.1, 0.15) is 32.1 Å². The molecule has 10 heteroatoms. The molecule has 0 atom stereocenters. The van der Waals surface area contributed by atoms with Gasteiger partial charge in [-0.3, -0.25) is 4.98 Å². The summed E-state index contributed by atoms with van der Waals surface area (Å²) in [4.78, 5) is 21.4. The zero-order valence-electron chi connectivity index (χ0n) is 22.2. The number of hydrogen-bond donors (Lipinski definition) is 1. The number of pyridine rings is 1. The van der Waals surface area contributed by atoms with Crippen molar-refractivity contribution in [2.45, 2.75) is 70.6 Å². The average molecular weight is 524 g/mol. The monoisotopic (exact) mass is 523 g/mol. The molecule has 0 radical (unpaired) electrons. The molecule has 1 N–H and O–H groups in total. The van der Waals surface area contributed by atoms with Gasteiger partial charge in [0, 0.05) is 49.8 Å². The Kier molecular flexibility index (Phi) is 8.94. The normalized spacial score (nSPS) is 14.4. The summed E-state index contributed by atoms with van der Waals surface area (Å²) < 4.78 is 18.8. The van der Waals surface area contributed by atoms with Crippen LogP contribution in [0.15, 0.2) is 43.0 Å². The largest absolute Gasteiger partial charge is 0.496 e. The van der Waals surface area contributed by atoms with Crippen molar-refractivity contribution in [3.8, 4) is 34.0 Å². The molecule has 3 aromatic rings. The molecule has 2 heterocycles. The van der Waals surface area contributed by atoms with E-state index in [0.717, 1.165) is 48.4 Å². The van der Waals surface area contributed by atoms with Crippen molar-refractivity contribution in [1.29, 1.82) is 0 Å². The number of benzene rings is 1. The molecule has 1 amide bonds. The molecular formula is C27H37N5O4Si. The fourth-order valence-corrected chi connectivity index (χ4v) is 5.10. The van der Waals surface area contributed by atoms with Crippen LogP contribution in [-0.4, -0.2) is 53.7 Å². The Hall–Kier alpha value is -3.24. The zero-order valence-corrected chi connectivity index (χ0v) is 23.2. The molecule has 9 nitrogen and oxygen atoms in total. The number of amides is 1. The average Bonchev–Trinajstić information content (AvgIpc) is 3.35. The van der Waals surface area contributed by atoms with Crippen LogP contribution < -0.4 is 14.8 Å². The number of nitrogens with zero attached hydrogens (tertiary/aromatic N) is 4. The van der Waals surface area contributed by atoms with E-state index in [2.05, 4.69) is 40.0 Å². The fourth-order valence-electron chi connectivity index (χ4n) is 4.35. The Morgan fingerprint density at radius 2 is 1.89 bits per heavy atom. The van der Waals surface area contributed by atoms with Crippen molar-refractivity contribution in [1.82, 2.24) is 25.1 Å². The van der Waals surface area contributed by atoms with Crippen LogP contribution >= 0.6 is 0 Å². The van der Waals surface area contributed by atoms with Crippen LogP contribution in [0.5, 0.6) is 11.5 Å². The molecule has 1 aliphatic carbocycles. The summed E-state index contributed by atoms with van der Waals surface area (Å²) in [5.41, 5.74) is 2.37. The Labute approximate surface area is 219 Å². The number of hydrogen-bond acceptors (Lipinski definition) is 7. The fraction of sp³-hybridized carbons (Fsp3) is 0.481. The minimum Gasteiger partial charge on any atom is -0.496 e. The standard InChI is InChI=1S/C27H37N5O4Si/c1-34-25-11-10-23(36-27(33)31-22-8-6-5-7-9-22)15-24(25)20-14-21(17-28-16-20)26-29-18-30-32(26)19-35-12-13-37(2,3)4/h10-11,14-18,22H,5-9,12-13,19H2,1-4H3,(H,31,33). The van der Waals surface area contributed by atoms with Gasteiger partial charge >= 0.3 is 6.09 Å². The van der Waals surface area contributed by atoms with Crippen LogP contribution in [0, 0.1) is 0 Å². The highest BCUT2D eigenvalue weighted by molar-refractivity contribution is 6.76. The number of aromatic nitrogens is 4. The molecule has 0 spiro atoms. The third-order valence-electron chi connectivity index (χ3n) is 6.44. The molecule has 1 saturated carbocycles. The van der Waals surface area contributed by atoms with Gasteiger partial charge in [0.25, 0.3) is 0 Å². The maximum Gasteiger partial charge on any atom is 0.412 e. The van der Waals surface area contributed by atoms with Crippen molar-refractivity contribution < 1.29 is 19.0 Å². The van der Waals surface area contributed by atoms with Crippen LogP contribution in [-0.2, 0) is 11.5 Å². The van der Waals surface area contributed by atoms with Gasteiger partial charge in [-0.25, -0.2) is 14.5 Å². The van der Waals surface area contributed by atoms with E-state index < -0.39 is 14.2 Å². The van der Waals surface area contributed by atoms with Crippen molar-refractivity contribution in [2.24, 2.45) is 0 Å². The molecule has 1 aromatic carbocycles. The topological polar surface area (TPSA) is 100 Å². The van der Waals surface area contributed by atoms with Crippen LogP contribution in [0.25, 0.3) is 22.5 Å². The second kappa shape index (κ2) is 12.3. The molecule has 1 aliphatic rings. The summed E-state index contributed by atoms with van der Waals surface area (Å²) in [6.45, 7) is 8.00. The lowest BCUT2D eigenvalue weighted by atomic mass is 9.96. The third kappa shape index (κ3) is 7.62. The lowest BCUT2D eigenvalue weighted by Gasteiger charge is -2.22. The maximum atomic E-state index is 12.5. The van der Waals surface area contributed by atoms with Gasteiger partial charge in [0.15, 0.2) is 5.82 Å². The van der Waals surface area contributed by atoms with Gasteiger partial charge in [-0.05, 0) is 43.2 Å². The molecule has 0 aliphatic heterocycles. The summed E-state index contributed by atoms with van der Waals surface area (Å²) >= 11 is 0. The Bertz CT molecular complexity index is 1190.